The topological polar surface area (TPSA) is 29.1 Å². The van der Waals surface area contributed by atoms with Gasteiger partial charge in [0.15, 0.2) is 0 Å². The van der Waals surface area contributed by atoms with E-state index in [2.05, 4.69) is 28.2 Å². The molecule has 1 fully saturated rings. The molecule has 1 aliphatic carbocycles. The number of halogens is 1. The molecule has 2 nitrogen and oxygen atoms in total. The molecule has 1 aliphatic rings. The fourth-order valence-corrected chi connectivity index (χ4v) is 3.51. The normalized spacial score (nSPS) is 17.9. The summed E-state index contributed by atoms with van der Waals surface area (Å²) in [6, 6.07) is 0. The number of nitrogens with one attached hydrogen (secondary N) is 1. The van der Waals surface area contributed by atoms with Crippen molar-refractivity contribution in [3.05, 3.63) is 0 Å². The SMILES string of the molecule is CCCCCCCC(=O)NCC1(CBr)CCCC1. The fourth-order valence-electron chi connectivity index (χ4n) is 2.75. The number of rotatable bonds is 9. The monoisotopic (exact) mass is 317 g/mol. The summed E-state index contributed by atoms with van der Waals surface area (Å²) in [7, 11) is 0. The molecule has 0 bridgehead atoms. The lowest BCUT2D eigenvalue weighted by atomic mass is 9.89. The van der Waals surface area contributed by atoms with Crippen LogP contribution in [0, 0.1) is 5.41 Å². The van der Waals surface area contributed by atoms with Crippen LogP contribution in [0.5, 0.6) is 0 Å². The number of carbonyl (C=O) groups excluding carboxylic acids is 1. The molecule has 0 aromatic carbocycles. The van der Waals surface area contributed by atoms with Gasteiger partial charge in [0.1, 0.15) is 0 Å². The van der Waals surface area contributed by atoms with Crippen LogP contribution in [0.1, 0.15) is 71.1 Å². The zero-order valence-electron chi connectivity index (χ0n) is 11.8. The molecule has 1 N–H and O–H groups in total. The predicted octanol–water partition coefficient (Wildman–Crippen LogP) is 4.42. The van der Waals surface area contributed by atoms with E-state index >= 15 is 0 Å². The molecule has 1 amide bonds. The second-order valence-corrected chi connectivity index (χ2v) is 6.34. The van der Waals surface area contributed by atoms with E-state index in [4.69, 9.17) is 0 Å². The van der Waals surface area contributed by atoms with Gasteiger partial charge in [0.2, 0.25) is 5.91 Å². The number of carbonyl (C=O) groups is 1. The van der Waals surface area contributed by atoms with Gasteiger partial charge in [0, 0.05) is 18.3 Å². The molecule has 1 saturated carbocycles. The van der Waals surface area contributed by atoms with Crippen LogP contribution in [0.25, 0.3) is 0 Å². The number of hydrogen-bond acceptors (Lipinski definition) is 1. The van der Waals surface area contributed by atoms with E-state index in [-0.39, 0.29) is 5.91 Å². The van der Waals surface area contributed by atoms with Crippen LogP contribution >= 0.6 is 15.9 Å². The van der Waals surface area contributed by atoms with Crippen LogP contribution in [0.2, 0.25) is 0 Å². The van der Waals surface area contributed by atoms with Crippen molar-refractivity contribution >= 4 is 21.8 Å². The summed E-state index contributed by atoms with van der Waals surface area (Å²) in [6.45, 7) is 3.08. The zero-order chi connectivity index (χ0) is 13.3. The number of amides is 1. The third-order valence-corrected chi connectivity index (χ3v) is 5.31. The lowest BCUT2D eigenvalue weighted by molar-refractivity contribution is -0.121. The minimum absolute atomic E-state index is 0.249. The van der Waals surface area contributed by atoms with Gasteiger partial charge in [-0.05, 0) is 24.7 Å². The van der Waals surface area contributed by atoms with Gasteiger partial charge in [-0.25, -0.2) is 0 Å². The molecule has 0 aromatic heterocycles. The van der Waals surface area contributed by atoms with Gasteiger partial charge in [-0.1, -0.05) is 61.4 Å². The van der Waals surface area contributed by atoms with E-state index in [0.717, 1.165) is 18.3 Å². The molecule has 106 valence electrons. The van der Waals surface area contributed by atoms with Gasteiger partial charge in [-0.15, -0.1) is 0 Å². The van der Waals surface area contributed by atoms with Gasteiger partial charge in [0.05, 0.1) is 0 Å². The molecule has 0 spiro atoms. The van der Waals surface area contributed by atoms with Crippen LogP contribution in [0.15, 0.2) is 0 Å². The highest BCUT2D eigenvalue weighted by Gasteiger charge is 2.32. The zero-order valence-corrected chi connectivity index (χ0v) is 13.4. The average molecular weight is 318 g/mol. The summed E-state index contributed by atoms with van der Waals surface area (Å²) in [5.74, 6) is 0.249. The Morgan fingerprint density at radius 3 is 2.44 bits per heavy atom. The van der Waals surface area contributed by atoms with Crippen molar-refractivity contribution in [2.45, 2.75) is 71.1 Å². The molecule has 18 heavy (non-hydrogen) atoms. The third-order valence-electron chi connectivity index (χ3n) is 4.12. The largest absolute Gasteiger partial charge is 0.356 e. The summed E-state index contributed by atoms with van der Waals surface area (Å²) in [4.78, 5) is 11.8. The molecular weight excluding hydrogens is 290 g/mol. The van der Waals surface area contributed by atoms with E-state index in [0.29, 0.717) is 11.8 Å². The Morgan fingerprint density at radius 1 is 1.17 bits per heavy atom. The van der Waals surface area contributed by atoms with Crippen LogP contribution in [0.3, 0.4) is 0 Å². The molecule has 0 aromatic rings. The lowest BCUT2D eigenvalue weighted by Crippen LogP contribution is -2.36. The van der Waals surface area contributed by atoms with E-state index in [1.54, 1.807) is 0 Å². The number of unbranched alkanes of at least 4 members (excludes halogenated alkanes) is 4. The van der Waals surface area contributed by atoms with Crippen molar-refractivity contribution in [2.75, 3.05) is 11.9 Å². The molecule has 0 saturated heterocycles. The molecule has 0 atom stereocenters. The van der Waals surface area contributed by atoms with Crippen molar-refractivity contribution in [2.24, 2.45) is 5.41 Å². The van der Waals surface area contributed by atoms with E-state index in [1.165, 1.54) is 51.4 Å². The van der Waals surface area contributed by atoms with Crippen molar-refractivity contribution < 1.29 is 4.79 Å². The number of hydrogen-bond donors (Lipinski definition) is 1. The van der Waals surface area contributed by atoms with Gasteiger partial charge in [0.25, 0.3) is 0 Å². The maximum atomic E-state index is 11.8. The highest BCUT2D eigenvalue weighted by atomic mass is 79.9. The Kier molecular flexibility index (Phi) is 7.96. The molecule has 3 heteroatoms. The highest BCUT2D eigenvalue weighted by molar-refractivity contribution is 9.09. The Balaban J connectivity index is 2.09. The first-order valence-corrected chi connectivity index (χ1v) is 8.67. The van der Waals surface area contributed by atoms with E-state index in [9.17, 15) is 4.79 Å². The Hall–Kier alpha value is -0.0500. The van der Waals surface area contributed by atoms with E-state index in [1.807, 2.05) is 0 Å². The van der Waals surface area contributed by atoms with E-state index < -0.39 is 0 Å². The van der Waals surface area contributed by atoms with Crippen LogP contribution < -0.4 is 5.32 Å². The maximum Gasteiger partial charge on any atom is 0.220 e. The average Bonchev–Trinajstić information content (AvgIpc) is 2.86. The van der Waals surface area contributed by atoms with Crippen LogP contribution in [0.4, 0.5) is 0 Å². The fraction of sp³-hybridized carbons (Fsp3) is 0.933. The van der Waals surface area contributed by atoms with Crippen molar-refractivity contribution in [3.63, 3.8) is 0 Å². The second kappa shape index (κ2) is 8.95. The van der Waals surface area contributed by atoms with Gasteiger partial charge in [-0.3, -0.25) is 4.79 Å². The summed E-state index contributed by atoms with van der Waals surface area (Å²) in [6.07, 6.45) is 11.9. The first-order valence-electron chi connectivity index (χ1n) is 7.55. The second-order valence-electron chi connectivity index (χ2n) is 5.78. The molecule has 0 heterocycles. The van der Waals surface area contributed by atoms with Crippen molar-refractivity contribution in [1.82, 2.24) is 5.32 Å². The highest BCUT2D eigenvalue weighted by Crippen LogP contribution is 2.38. The summed E-state index contributed by atoms with van der Waals surface area (Å²) in [5.41, 5.74) is 0.345. The minimum Gasteiger partial charge on any atom is -0.356 e. The van der Waals surface area contributed by atoms with Gasteiger partial charge in [-0.2, -0.15) is 0 Å². The van der Waals surface area contributed by atoms with Crippen LogP contribution in [-0.4, -0.2) is 17.8 Å². The summed E-state index contributed by atoms with van der Waals surface area (Å²) in [5, 5.41) is 4.16. The molecule has 0 radical (unpaired) electrons. The predicted molar refractivity (Wildman–Crippen MR) is 81.1 cm³/mol. The molecular formula is C15H28BrNO. The Bertz CT molecular complexity index is 237. The lowest BCUT2D eigenvalue weighted by Gasteiger charge is -2.26. The van der Waals surface area contributed by atoms with Gasteiger partial charge >= 0.3 is 0 Å². The third kappa shape index (κ3) is 5.73. The number of alkyl halides is 1. The van der Waals surface area contributed by atoms with Crippen molar-refractivity contribution in [3.8, 4) is 0 Å². The molecule has 1 rings (SSSR count). The Labute approximate surface area is 120 Å². The molecule has 0 unspecified atom stereocenters. The van der Waals surface area contributed by atoms with Crippen molar-refractivity contribution in [1.29, 1.82) is 0 Å². The van der Waals surface area contributed by atoms with Gasteiger partial charge < -0.3 is 5.32 Å². The molecule has 0 aliphatic heterocycles. The summed E-state index contributed by atoms with van der Waals surface area (Å²) >= 11 is 3.61. The summed E-state index contributed by atoms with van der Waals surface area (Å²) < 4.78 is 0. The maximum absolute atomic E-state index is 11.8. The first kappa shape index (κ1) is 16.0. The Morgan fingerprint density at radius 2 is 1.83 bits per heavy atom. The minimum atomic E-state index is 0.249. The first-order chi connectivity index (χ1) is 8.72. The van der Waals surface area contributed by atoms with Crippen LogP contribution in [-0.2, 0) is 4.79 Å². The standard InChI is InChI=1S/C15H28BrNO/c1-2-3-4-5-6-9-14(18)17-13-15(12-16)10-7-8-11-15/h2-13H2,1H3,(H,17,18). The quantitative estimate of drug-likeness (QED) is 0.495. The smallest absolute Gasteiger partial charge is 0.220 e.